The molecule has 2 fully saturated rings. The molecule has 2 aliphatic rings. The average Bonchev–Trinajstić information content (AvgIpc) is 3.36. The summed E-state index contributed by atoms with van der Waals surface area (Å²) < 4.78 is 18.7. The van der Waals surface area contributed by atoms with Gasteiger partial charge in [0, 0.05) is 5.92 Å². The summed E-state index contributed by atoms with van der Waals surface area (Å²) in [6, 6.07) is 6.57. The number of carbonyl (C=O) groups is 2. The highest BCUT2D eigenvalue weighted by Crippen LogP contribution is 2.48. The van der Waals surface area contributed by atoms with E-state index in [2.05, 4.69) is 5.32 Å². The highest BCUT2D eigenvalue weighted by atomic mass is 19.1. The van der Waals surface area contributed by atoms with Crippen LogP contribution in [-0.2, 0) is 14.3 Å². The SMILES string of the molecule is COC(=O)C1(NC(=O)C2CC2c2ccccc2F)CCCCC1. The Hall–Kier alpha value is -1.91. The zero-order valence-electron chi connectivity index (χ0n) is 13.3. The Bertz CT molecular complexity index is 610. The van der Waals surface area contributed by atoms with E-state index in [-0.39, 0.29) is 29.5 Å². The van der Waals surface area contributed by atoms with Crippen molar-refractivity contribution in [1.29, 1.82) is 0 Å². The van der Waals surface area contributed by atoms with E-state index in [0.29, 0.717) is 24.8 Å². The lowest BCUT2D eigenvalue weighted by Crippen LogP contribution is -2.56. The monoisotopic (exact) mass is 319 g/mol. The summed E-state index contributed by atoms with van der Waals surface area (Å²) in [5.41, 5.74) is -0.310. The molecule has 2 unspecified atom stereocenters. The zero-order valence-corrected chi connectivity index (χ0v) is 13.3. The van der Waals surface area contributed by atoms with Gasteiger partial charge in [0.2, 0.25) is 5.91 Å². The number of nitrogens with one attached hydrogen (secondary N) is 1. The molecule has 0 saturated heterocycles. The first-order valence-corrected chi connectivity index (χ1v) is 8.22. The molecule has 2 saturated carbocycles. The summed E-state index contributed by atoms with van der Waals surface area (Å²) in [5.74, 6) is -1.14. The molecule has 0 aromatic heterocycles. The Kier molecular flexibility index (Phi) is 4.37. The van der Waals surface area contributed by atoms with E-state index in [9.17, 15) is 14.0 Å². The molecular weight excluding hydrogens is 297 g/mol. The van der Waals surface area contributed by atoms with Gasteiger partial charge in [0.25, 0.3) is 0 Å². The molecule has 1 N–H and O–H groups in total. The van der Waals surface area contributed by atoms with Crippen molar-refractivity contribution in [3.8, 4) is 0 Å². The van der Waals surface area contributed by atoms with Gasteiger partial charge in [0.1, 0.15) is 11.4 Å². The fourth-order valence-corrected chi connectivity index (χ4v) is 3.66. The van der Waals surface area contributed by atoms with Gasteiger partial charge in [-0.25, -0.2) is 9.18 Å². The normalized spacial score (nSPS) is 25.5. The first-order valence-electron chi connectivity index (χ1n) is 8.22. The fourth-order valence-electron chi connectivity index (χ4n) is 3.66. The first kappa shape index (κ1) is 16.0. The van der Waals surface area contributed by atoms with Crippen LogP contribution in [0.15, 0.2) is 24.3 Å². The van der Waals surface area contributed by atoms with Crippen molar-refractivity contribution in [2.24, 2.45) is 5.92 Å². The number of benzene rings is 1. The topological polar surface area (TPSA) is 55.4 Å². The zero-order chi connectivity index (χ0) is 16.4. The third-order valence-corrected chi connectivity index (χ3v) is 5.08. The third kappa shape index (κ3) is 3.09. The number of hydrogen-bond acceptors (Lipinski definition) is 3. The molecule has 5 heteroatoms. The molecule has 2 atom stereocenters. The number of amides is 1. The molecule has 1 aromatic carbocycles. The van der Waals surface area contributed by atoms with Crippen molar-refractivity contribution >= 4 is 11.9 Å². The van der Waals surface area contributed by atoms with E-state index in [4.69, 9.17) is 4.74 Å². The van der Waals surface area contributed by atoms with E-state index < -0.39 is 5.54 Å². The molecule has 0 heterocycles. The number of esters is 1. The first-order chi connectivity index (χ1) is 11.1. The summed E-state index contributed by atoms with van der Waals surface area (Å²) in [4.78, 5) is 24.7. The van der Waals surface area contributed by atoms with Crippen molar-refractivity contribution in [3.63, 3.8) is 0 Å². The van der Waals surface area contributed by atoms with Gasteiger partial charge in [-0.05, 0) is 36.8 Å². The molecule has 2 aliphatic carbocycles. The number of rotatable bonds is 4. The van der Waals surface area contributed by atoms with Crippen LogP contribution in [0.2, 0.25) is 0 Å². The lowest BCUT2D eigenvalue weighted by atomic mass is 9.81. The summed E-state index contributed by atoms with van der Waals surface area (Å²) in [7, 11) is 1.35. The minimum Gasteiger partial charge on any atom is -0.467 e. The molecule has 124 valence electrons. The summed E-state index contributed by atoms with van der Waals surface area (Å²) >= 11 is 0. The number of carbonyl (C=O) groups excluding carboxylic acids is 2. The Morgan fingerprint density at radius 1 is 1.22 bits per heavy atom. The van der Waals surface area contributed by atoms with E-state index >= 15 is 0 Å². The Balaban J connectivity index is 1.69. The highest BCUT2D eigenvalue weighted by molar-refractivity contribution is 5.90. The Labute approximate surface area is 135 Å². The van der Waals surface area contributed by atoms with Crippen LogP contribution in [0.25, 0.3) is 0 Å². The van der Waals surface area contributed by atoms with Gasteiger partial charge < -0.3 is 10.1 Å². The largest absolute Gasteiger partial charge is 0.467 e. The van der Waals surface area contributed by atoms with E-state index in [1.807, 2.05) is 0 Å². The quantitative estimate of drug-likeness (QED) is 0.868. The van der Waals surface area contributed by atoms with Gasteiger partial charge in [-0.3, -0.25) is 4.79 Å². The van der Waals surface area contributed by atoms with Gasteiger partial charge in [-0.15, -0.1) is 0 Å². The molecule has 0 spiro atoms. The molecule has 3 rings (SSSR count). The molecular formula is C18H22FNO3. The number of hydrogen-bond donors (Lipinski definition) is 1. The van der Waals surface area contributed by atoms with Crippen LogP contribution in [-0.4, -0.2) is 24.5 Å². The van der Waals surface area contributed by atoms with E-state index in [1.54, 1.807) is 18.2 Å². The number of ether oxygens (including phenoxy) is 1. The van der Waals surface area contributed by atoms with Crippen LogP contribution in [0.4, 0.5) is 4.39 Å². The van der Waals surface area contributed by atoms with Gasteiger partial charge in [-0.1, -0.05) is 37.5 Å². The predicted molar refractivity (Wildman–Crippen MR) is 83.2 cm³/mol. The van der Waals surface area contributed by atoms with Crippen molar-refractivity contribution < 1.29 is 18.7 Å². The lowest BCUT2D eigenvalue weighted by molar-refractivity contribution is -0.152. The summed E-state index contributed by atoms with van der Waals surface area (Å²) in [6.07, 6.45) is 4.72. The molecule has 4 nitrogen and oxygen atoms in total. The second kappa shape index (κ2) is 6.30. The number of halogens is 1. The maximum atomic E-state index is 13.8. The average molecular weight is 319 g/mol. The predicted octanol–water partition coefficient (Wildman–Crippen LogP) is 2.92. The second-order valence-electron chi connectivity index (χ2n) is 6.59. The van der Waals surface area contributed by atoms with E-state index in [0.717, 1.165) is 19.3 Å². The summed E-state index contributed by atoms with van der Waals surface area (Å²) in [5, 5.41) is 2.93. The van der Waals surface area contributed by atoms with E-state index in [1.165, 1.54) is 13.2 Å². The van der Waals surface area contributed by atoms with Gasteiger partial charge in [-0.2, -0.15) is 0 Å². The third-order valence-electron chi connectivity index (χ3n) is 5.08. The highest BCUT2D eigenvalue weighted by Gasteiger charge is 2.49. The van der Waals surface area contributed by atoms with Crippen molar-refractivity contribution in [3.05, 3.63) is 35.6 Å². The van der Waals surface area contributed by atoms with Crippen LogP contribution in [0.1, 0.15) is 50.0 Å². The van der Waals surface area contributed by atoms with Crippen LogP contribution < -0.4 is 5.32 Å². The summed E-state index contributed by atoms with van der Waals surface area (Å²) in [6.45, 7) is 0. The molecule has 0 radical (unpaired) electrons. The molecule has 23 heavy (non-hydrogen) atoms. The minimum atomic E-state index is -0.896. The van der Waals surface area contributed by atoms with Crippen molar-refractivity contribution in [2.45, 2.75) is 50.0 Å². The van der Waals surface area contributed by atoms with Crippen molar-refractivity contribution in [2.75, 3.05) is 7.11 Å². The molecule has 1 amide bonds. The maximum Gasteiger partial charge on any atom is 0.331 e. The molecule has 1 aromatic rings. The molecule has 0 bridgehead atoms. The molecule has 0 aliphatic heterocycles. The lowest BCUT2D eigenvalue weighted by Gasteiger charge is -2.35. The van der Waals surface area contributed by atoms with Crippen LogP contribution in [0.3, 0.4) is 0 Å². The number of methoxy groups -OCH3 is 1. The van der Waals surface area contributed by atoms with Gasteiger partial charge in [0.15, 0.2) is 0 Å². The van der Waals surface area contributed by atoms with Crippen LogP contribution >= 0.6 is 0 Å². The Morgan fingerprint density at radius 3 is 2.57 bits per heavy atom. The van der Waals surface area contributed by atoms with Crippen LogP contribution in [0.5, 0.6) is 0 Å². The smallest absolute Gasteiger partial charge is 0.331 e. The van der Waals surface area contributed by atoms with Crippen molar-refractivity contribution in [1.82, 2.24) is 5.32 Å². The Morgan fingerprint density at radius 2 is 1.91 bits per heavy atom. The minimum absolute atomic E-state index is 0.0884. The fraction of sp³-hybridized carbons (Fsp3) is 0.556. The van der Waals surface area contributed by atoms with Gasteiger partial charge in [0.05, 0.1) is 7.11 Å². The second-order valence-corrected chi connectivity index (χ2v) is 6.59. The van der Waals surface area contributed by atoms with Crippen LogP contribution in [0, 0.1) is 11.7 Å². The van der Waals surface area contributed by atoms with Gasteiger partial charge >= 0.3 is 5.97 Å². The standard InChI is InChI=1S/C18H22FNO3/c1-23-17(22)18(9-5-2-6-10-18)20-16(21)14-11-13(14)12-7-3-4-8-15(12)19/h3-4,7-8,13-14H,2,5-6,9-11H2,1H3,(H,20,21). The maximum absolute atomic E-state index is 13.8.